The van der Waals surface area contributed by atoms with Crippen LogP contribution in [-0.4, -0.2) is 32.7 Å². The van der Waals surface area contributed by atoms with E-state index in [2.05, 4.69) is 46.5 Å². The van der Waals surface area contributed by atoms with Crippen LogP contribution in [0.3, 0.4) is 0 Å². The van der Waals surface area contributed by atoms with Crippen LogP contribution in [0.1, 0.15) is 30.9 Å². The van der Waals surface area contributed by atoms with Crippen LogP contribution in [0.25, 0.3) is 6.08 Å². The Morgan fingerprint density at radius 3 is 2.85 bits per heavy atom. The highest BCUT2D eigenvalue weighted by molar-refractivity contribution is 8.02. The zero-order chi connectivity index (χ0) is 18.6. The first kappa shape index (κ1) is 17.9. The lowest BCUT2D eigenvalue weighted by Crippen LogP contribution is -2.49. The number of benzene rings is 1. The standard InChI is InChI=1S/C22H23N3OS/c1-17-16-27-22(25(17)15-18-7-3-2-4-8-18)24-12-6-10-20(21(24)26)13-19-9-5-11-23-14-19/h2-5,7-9,11,13-14,16,22H,6,10,12,15H2,1H3. The van der Waals surface area contributed by atoms with Crippen molar-refractivity contribution in [2.75, 3.05) is 6.54 Å². The summed E-state index contributed by atoms with van der Waals surface area (Å²) < 4.78 is 0. The number of carbonyl (C=O) groups excluding carboxylic acids is 1. The van der Waals surface area contributed by atoms with Gasteiger partial charge in [-0.2, -0.15) is 0 Å². The van der Waals surface area contributed by atoms with E-state index >= 15 is 0 Å². The van der Waals surface area contributed by atoms with Crippen LogP contribution in [0.4, 0.5) is 0 Å². The van der Waals surface area contributed by atoms with E-state index in [-0.39, 0.29) is 11.4 Å². The van der Waals surface area contributed by atoms with E-state index in [9.17, 15) is 4.79 Å². The number of pyridine rings is 1. The third-order valence-electron chi connectivity index (χ3n) is 4.95. The zero-order valence-corrected chi connectivity index (χ0v) is 16.2. The third-order valence-corrected chi connectivity index (χ3v) is 6.18. The molecule has 1 saturated heterocycles. The van der Waals surface area contributed by atoms with Crippen molar-refractivity contribution in [3.8, 4) is 0 Å². The van der Waals surface area contributed by atoms with Gasteiger partial charge in [0.1, 0.15) is 0 Å². The van der Waals surface area contributed by atoms with E-state index in [4.69, 9.17) is 0 Å². The van der Waals surface area contributed by atoms with Crippen LogP contribution in [0.5, 0.6) is 0 Å². The molecular weight excluding hydrogens is 354 g/mol. The molecule has 1 aromatic carbocycles. The summed E-state index contributed by atoms with van der Waals surface area (Å²) in [5.74, 6) is 0.142. The SMILES string of the molecule is CC1=CSC(N2CCCC(=Cc3cccnc3)C2=O)N1Cc1ccccc1. The number of piperidine rings is 1. The van der Waals surface area contributed by atoms with Crippen LogP contribution in [0.15, 0.2) is 71.5 Å². The molecule has 2 aliphatic heterocycles. The first-order valence-electron chi connectivity index (χ1n) is 9.27. The number of likely N-dealkylation sites (tertiary alicyclic amines) is 1. The molecule has 1 unspecified atom stereocenters. The Bertz CT molecular complexity index is 864. The van der Waals surface area contributed by atoms with Gasteiger partial charge in [0.05, 0.1) is 0 Å². The summed E-state index contributed by atoms with van der Waals surface area (Å²) >= 11 is 1.73. The number of thioether (sulfide) groups is 1. The van der Waals surface area contributed by atoms with Gasteiger partial charge in [-0.05, 0) is 48.4 Å². The highest BCUT2D eigenvalue weighted by Crippen LogP contribution is 2.37. The minimum atomic E-state index is 0.0234. The molecule has 0 bridgehead atoms. The maximum atomic E-state index is 13.2. The van der Waals surface area contributed by atoms with E-state index in [0.717, 1.165) is 37.1 Å². The van der Waals surface area contributed by atoms with Gasteiger partial charge in [0, 0.05) is 36.8 Å². The Labute approximate surface area is 164 Å². The van der Waals surface area contributed by atoms with Gasteiger partial charge in [-0.15, -0.1) is 0 Å². The summed E-state index contributed by atoms with van der Waals surface area (Å²) in [4.78, 5) is 21.7. The summed E-state index contributed by atoms with van der Waals surface area (Å²) in [6.07, 6.45) is 7.36. The summed E-state index contributed by atoms with van der Waals surface area (Å²) in [5.41, 5.74) is 4.35. The highest BCUT2D eigenvalue weighted by atomic mass is 32.2. The van der Waals surface area contributed by atoms with E-state index in [1.54, 1.807) is 24.2 Å². The van der Waals surface area contributed by atoms with Crippen LogP contribution >= 0.6 is 11.8 Å². The molecule has 3 heterocycles. The topological polar surface area (TPSA) is 36.4 Å². The summed E-state index contributed by atoms with van der Waals surface area (Å²) in [6.45, 7) is 3.73. The minimum Gasteiger partial charge on any atom is -0.341 e. The van der Waals surface area contributed by atoms with Crippen molar-refractivity contribution in [1.29, 1.82) is 0 Å². The smallest absolute Gasteiger partial charge is 0.252 e. The molecule has 4 rings (SSSR count). The predicted molar refractivity (Wildman–Crippen MR) is 110 cm³/mol. The molecule has 0 radical (unpaired) electrons. The molecule has 1 fully saturated rings. The quantitative estimate of drug-likeness (QED) is 0.736. The Balaban J connectivity index is 1.54. The van der Waals surface area contributed by atoms with Crippen LogP contribution in [-0.2, 0) is 11.3 Å². The van der Waals surface area contributed by atoms with Crippen LogP contribution < -0.4 is 0 Å². The molecule has 1 aromatic heterocycles. The molecule has 0 saturated carbocycles. The van der Waals surface area contributed by atoms with E-state index in [0.29, 0.717) is 0 Å². The number of hydrogen-bond acceptors (Lipinski definition) is 4. The molecule has 1 atom stereocenters. The Morgan fingerprint density at radius 1 is 1.22 bits per heavy atom. The monoisotopic (exact) mass is 377 g/mol. The molecule has 138 valence electrons. The predicted octanol–water partition coefficient (Wildman–Crippen LogP) is 4.48. The number of aromatic nitrogens is 1. The normalized spacial score (nSPS) is 21.7. The van der Waals surface area contributed by atoms with Gasteiger partial charge in [0.15, 0.2) is 5.50 Å². The zero-order valence-electron chi connectivity index (χ0n) is 15.4. The van der Waals surface area contributed by atoms with Crippen LogP contribution in [0, 0.1) is 0 Å². The molecule has 27 heavy (non-hydrogen) atoms. The van der Waals surface area contributed by atoms with Gasteiger partial charge in [0.2, 0.25) is 0 Å². The second kappa shape index (κ2) is 8.01. The van der Waals surface area contributed by atoms with Gasteiger partial charge in [-0.25, -0.2) is 0 Å². The van der Waals surface area contributed by atoms with Gasteiger partial charge >= 0.3 is 0 Å². The number of rotatable bonds is 4. The third kappa shape index (κ3) is 3.93. The van der Waals surface area contributed by atoms with E-state index in [1.807, 2.05) is 29.2 Å². The fraction of sp³-hybridized carbons (Fsp3) is 0.273. The second-order valence-electron chi connectivity index (χ2n) is 6.89. The molecule has 0 spiro atoms. The Kier molecular flexibility index (Phi) is 5.30. The lowest BCUT2D eigenvalue weighted by Gasteiger charge is -2.39. The van der Waals surface area contributed by atoms with Gasteiger partial charge in [0.25, 0.3) is 5.91 Å². The van der Waals surface area contributed by atoms with Crippen molar-refractivity contribution < 1.29 is 4.79 Å². The maximum absolute atomic E-state index is 13.2. The lowest BCUT2D eigenvalue weighted by molar-refractivity contribution is -0.131. The minimum absolute atomic E-state index is 0.0234. The molecule has 4 nitrogen and oxygen atoms in total. The molecule has 2 aromatic rings. The summed E-state index contributed by atoms with van der Waals surface area (Å²) in [7, 11) is 0. The fourth-order valence-corrected chi connectivity index (χ4v) is 4.73. The molecule has 1 amide bonds. The largest absolute Gasteiger partial charge is 0.341 e. The number of allylic oxidation sites excluding steroid dienone is 1. The van der Waals surface area contributed by atoms with Gasteiger partial charge in [-0.1, -0.05) is 48.2 Å². The van der Waals surface area contributed by atoms with Crippen molar-refractivity contribution in [2.45, 2.75) is 31.8 Å². The summed E-state index contributed by atoms with van der Waals surface area (Å²) in [5, 5.41) is 2.17. The van der Waals surface area contributed by atoms with Crippen molar-refractivity contribution >= 4 is 23.7 Å². The van der Waals surface area contributed by atoms with Gasteiger partial charge in [-0.3, -0.25) is 9.78 Å². The molecule has 0 aliphatic carbocycles. The van der Waals surface area contributed by atoms with Crippen molar-refractivity contribution in [1.82, 2.24) is 14.8 Å². The van der Waals surface area contributed by atoms with Crippen molar-refractivity contribution in [2.24, 2.45) is 0 Å². The number of carbonyl (C=O) groups is 1. The average molecular weight is 378 g/mol. The second-order valence-corrected chi connectivity index (χ2v) is 7.82. The van der Waals surface area contributed by atoms with E-state index < -0.39 is 0 Å². The first-order chi connectivity index (χ1) is 13.2. The Morgan fingerprint density at radius 2 is 2.07 bits per heavy atom. The lowest BCUT2D eigenvalue weighted by atomic mass is 10.0. The number of hydrogen-bond donors (Lipinski definition) is 0. The number of amides is 1. The Hall–Kier alpha value is -2.53. The fourth-order valence-electron chi connectivity index (χ4n) is 3.54. The average Bonchev–Trinajstić information content (AvgIpc) is 3.05. The maximum Gasteiger partial charge on any atom is 0.252 e. The molecular formula is C22H23N3OS. The van der Waals surface area contributed by atoms with E-state index in [1.165, 1.54) is 11.3 Å². The molecule has 5 heteroatoms. The van der Waals surface area contributed by atoms with Gasteiger partial charge < -0.3 is 9.80 Å². The molecule has 0 N–H and O–H groups in total. The van der Waals surface area contributed by atoms with Crippen molar-refractivity contribution in [3.05, 3.63) is 82.7 Å². The highest BCUT2D eigenvalue weighted by Gasteiger charge is 2.35. The van der Waals surface area contributed by atoms with Crippen LogP contribution in [0.2, 0.25) is 0 Å². The van der Waals surface area contributed by atoms with Crippen molar-refractivity contribution in [3.63, 3.8) is 0 Å². The summed E-state index contributed by atoms with van der Waals surface area (Å²) in [6, 6.07) is 14.3. The molecule has 2 aliphatic rings. The first-order valence-corrected chi connectivity index (χ1v) is 10.2. The number of nitrogens with zero attached hydrogens (tertiary/aromatic N) is 3.